The first-order valence-corrected chi connectivity index (χ1v) is 7.47. The molecule has 0 aromatic heterocycles. The Labute approximate surface area is 123 Å². The lowest BCUT2D eigenvalue weighted by atomic mass is 9.89. The minimum absolute atomic E-state index is 0.0264. The zero-order valence-electron chi connectivity index (χ0n) is 13.8. The Bertz CT molecular complexity index is 402. The van der Waals surface area contributed by atoms with Gasteiger partial charge in [-0.05, 0) is 26.3 Å². The van der Waals surface area contributed by atoms with E-state index in [0.29, 0.717) is 11.3 Å². The molecule has 0 spiro atoms. The monoisotopic (exact) mass is 280 g/mol. The fraction of sp³-hybridized carbons (Fsp3) is 0.588. The summed E-state index contributed by atoms with van der Waals surface area (Å²) in [5.41, 5.74) is 1.80. The third-order valence-electron chi connectivity index (χ3n) is 2.93. The molecule has 2 aliphatic rings. The van der Waals surface area contributed by atoms with Crippen LogP contribution in [0.2, 0.25) is 0 Å². The third kappa shape index (κ3) is 4.55. The molecule has 0 N–H and O–H groups in total. The van der Waals surface area contributed by atoms with Crippen LogP contribution in [0.3, 0.4) is 0 Å². The van der Waals surface area contributed by atoms with Gasteiger partial charge < -0.3 is 9.47 Å². The van der Waals surface area contributed by atoms with Gasteiger partial charge in [-0.1, -0.05) is 45.4 Å². The van der Waals surface area contributed by atoms with Gasteiger partial charge in [0.15, 0.2) is 0 Å². The summed E-state index contributed by atoms with van der Waals surface area (Å²) >= 11 is 0. The van der Waals surface area contributed by atoms with Crippen LogP contribution in [0.15, 0.2) is 35.1 Å². The second-order valence-electron chi connectivity index (χ2n) is 4.28. The largest absolute Gasteiger partial charge is 0.496 e. The Kier molecular flexibility index (Phi) is 8.69. The Morgan fingerprint density at radius 1 is 1.20 bits per heavy atom. The fourth-order valence-electron chi connectivity index (χ4n) is 2.20. The number of hydrogen-bond donors (Lipinski definition) is 0. The maximum atomic E-state index is 11.8. The Hall–Kier alpha value is -1.51. The van der Waals surface area contributed by atoms with Crippen LogP contribution in [0.1, 0.15) is 48.0 Å². The van der Waals surface area contributed by atoms with Crippen molar-refractivity contribution >= 4 is 5.97 Å². The van der Waals surface area contributed by atoms with E-state index in [4.69, 9.17) is 9.47 Å². The molecule has 3 nitrogen and oxygen atoms in total. The summed E-state index contributed by atoms with van der Waals surface area (Å²) in [5, 5.41) is 0. The summed E-state index contributed by atoms with van der Waals surface area (Å²) in [5.74, 6) is 0.479. The highest BCUT2D eigenvalue weighted by Crippen LogP contribution is 2.33. The van der Waals surface area contributed by atoms with Gasteiger partial charge in [0.25, 0.3) is 0 Å². The summed E-state index contributed by atoms with van der Waals surface area (Å²) in [4.78, 5) is 11.8. The number of cyclic esters (lactones) is 1. The van der Waals surface area contributed by atoms with Crippen LogP contribution in [0.25, 0.3) is 0 Å². The number of fused-ring (bicyclic) bond motifs is 1. The first-order valence-electron chi connectivity index (χ1n) is 7.47. The molecule has 0 saturated carbocycles. The molecule has 1 saturated heterocycles. The van der Waals surface area contributed by atoms with Crippen molar-refractivity contribution in [3.05, 3.63) is 35.1 Å². The lowest BCUT2D eigenvalue weighted by Crippen LogP contribution is -2.30. The number of methoxy groups -OCH3 is 1. The van der Waals surface area contributed by atoms with E-state index < -0.39 is 0 Å². The fourth-order valence-corrected chi connectivity index (χ4v) is 2.20. The summed E-state index contributed by atoms with van der Waals surface area (Å²) in [6, 6.07) is 0. The second-order valence-corrected chi connectivity index (χ2v) is 4.28. The summed E-state index contributed by atoms with van der Waals surface area (Å²) in [6.45, 7) is 11.9. The molecule has 0 amide bonds. The maximum Gasteiger partial charge on any atom is 0.338 e. The average Bonchev–Trinajstić information content (AvgIpc) is 2.61. The van der Waals surface area contributed by atoms with Crippen molar-refractivity contribution in [2.45, 2.75) is 54.1 Å². The van der Waals surface area contributed by atoms with Crippen LogP contribution in [0.4, 0.5) is 0 Å². The molecule has 0 aromatic rings. The number of esters is 1. The van der Waals surface area contributed by atoms with Gasteiger partial charge in [0.2, 0.25) is 0 Å². The molecular formula is C17H28O3. The predicted molar refractivity (Wildman–Crippen MR) is 83.3 cm³/mol. The second kappa shape index (κ2) is 9.40. The quantitative estimate of drug-likeness (QED) is 0.667. The lowest BCUT2D eigenvalue weighted by molar-refractivity contribution is -0.148. The van der Waals surface area contributed by atoms with Crippen LogP contribution in [-0.4, -0.2) is 19.2 Å². The molecule has 20 heavy (non-hydrogen) atoms. The molecule has 3 heteroatoms. The smallest absolute Gasteiger partial charge is 0.338 e. The van der Waals surface area contributed by atoms with Crippen LogP contribution < -0.4 is 0 Å². The Balaban J connectivity index is 0.000000829. The molecule has 1 fully saturated rings. The van der Waals surface area contributed by atoms with E-state index in [1.54, 1.807) is 7.11 Å². The van der Waals surface area contributed by atoms with E-state index in [1.807, 2.05) is 53.7 Å². The van der Waals surface area contributed by atoms with Crippen LogP contribution in [0, 0.1) is 5.92 Å². The highest BCUT2D eigenvalue weighted by atomic mass is 16.5. The molecule has 1 heterocycles. The van der Waals surface area contributed by atoms with Crippen molar-refractivity contribution < 1.29 is 14.3 Å². The summed E-state index contributed by atoms with van der Waals surface area (Å²) in [7, 11) is 1.58. The van der Waals surface area contributed by atoms with Gasteiger partial charge in [0, 0.05) is 5.92 Å². The van der Waals surface area contributed by atoms with Crippen molar-refractivity contribution in [1.82, 2.24) is 0 Å². The molecule has 114 valence electrons. The number of rotatable bonds is 1. The molecule has 2 rings (SSSR count). The third-order valence-corrected chi connectivity index (χ3v) is 2.93. The highest BCUT2D eigenvalue weighted by Gasteiger charge is 2.33. The highest BCUT2D eigenvalue weighted by molar-refractivity contribution is 5.91. The number of allylic oxidation sites excluding steroid dienone is 4. The van der Waals surface area contributed by atoms with Crippen LogP contribution in [0.5, 0.6) is 0 Å². The van der Waals surface area contributed by atoms with Gasteiger partial charge >= 0.3 is 5.97 Å². The van der Waals surface area contributed by atoms with Crippen molar-refractivity contribution in [2.75, 3.05) is 7.11 Å². The van der Waals surface area contributed by atoms with Crippen LogP contribution >= 0.6 is 0 Å². The topological polar surface area (TPSA) is 35.5 Å². The molecule has 1 aliphatic carbocycles. The van der Waals surface area contributed by atoms with E-state index >= 15 is 0 Å². The normalized spacial score (nSPS) is 23.9. The van der Waals surface area contributed by atoms with Gasteiger partial charge in [-0.3, -0.25) is 0 Å². The first-order chi connectivity index (χ1) is 9.61. The van der Waals surface area contributed by atoms with Gasteiger partial charge in [0.05, 0.1) is 12.7 Å². The van der Waals surface area contributed by atoms with E-state index in [-0.39, 0.29) is 18.0 Å². The SMILES string of the molecule is CC.CC.COC1=C2C(=O)OC(C)CC2C=C(C)C=C1. The predicted octanol–water partition coefficient (Wildman–Crippen LogP) is 4.41. The molecule has 0 bridgehead atoms. The number of carbonyl (C=O) groups excluding carboxylic acids is 1. The molecule has 0 radical (unpaired) electrons. The molecule has 2 atom stereocenters. The minimum Gasteiger partial charge on any atom is -0.496 e. The van der Waals surface area contributed by atoms with Gasteiger partial charge in [-0.25, -0.2) is 4.79 Å². The van der Waals surface area contributed by atoms with Crippen molar-refractivity contribution in [3.8, 4) is 0 Å². The molecule has 0 aromatic carbocycles. The van der Waals surface area contributed by atoms with Crippen molar-refractivity contribution in [2.24, 2.45) is 5.92 Å². The molecule has 1 aliphatic heterocycles. The summed E-state index contributed by atoms with van der Waals surface area (Å²) in [6.07, 6.45) is 6.70. The lowest BCUT2D eigenvalue weighted by Gasteiger charge is -2.27. The van der Waals surface area contributed by atoms with Crippen molar-refractivity contribution in [1.29, 1.82) is 0 Å². The average molecular weight is 280 g/mol. The molecular weight excluding hydrogens is 252 g/mol. The van der Waals surface area contributed by atoms with Crippen molar-refractivity contribution in [3.63, 3.8) is 0 Å². The number of ether oxygens (including phenoxy) is 2. The zero-order chi connectivity index (χ0) is 15.7. The van der Waals surface area contributed by atoms with Gasteiger partial charge in [-0.2, -0.15) is 0 Å². The zero-order valence-corrected chi connectivity index (χ0v) is 13.8. The Morgan fingerprint density at radius 2 is 1.80 bits per heavy atom. The summed E-state index contributed by atoms with van der Waals surface area (Å²) < 4.78 is 10.5. The van der Waals surface area contributed by atoms with E-state index in [0.717, 1.165) is 12.0 Å². The van der Waals surface area contributed by atoms with E-state index in [9.17, 15) is 4.79 Å². The number of carbonyl (C=O) groups is 1. The number of hydrogen-bond acceptors (Lipinski definition) is 3. The van der Waals surface area contributed by atoms with Crippen LogP contribution in [-0.2, 0) is 14.3 Å². The minimum atomic E-state index is -0.254. The van der Waals surface area contributed by atoms with Gasteiger partial charge in [-0.15, -0.1) is 0 Å². The Morgan fingerprint density at radius 3 is 2.35 bits per heavy atom. The maximum absolute atomic E-state index is 11.8. The van der Waals surface area contributed by atoms with E-state index in [1.165, 1.54) is 0 Å². The molecule has 2 unspecified atom stereocenters. The standard InChI is InChI=1S/C13H16O3.2C2H6/c1-8-4-5-11(15-3)12-10(6-8)7-9(2)16-13(12)14;2*1-2/h4-6,9-10H,7H2,1-3H3;2*1-2H3. The first kappa shape index (κ1) is 18.5. The van der Waals surface area contributed by atoms with E-state index in [2.05, 4.69) is 6.08 Å². The van der Waals surface area contributed by atoms with Gasteiger partial charge in [0.1, 0.15) is 11.9 Å².